The van der Waals surface area contributed by atoms with Crippen LogP contribution in [0.2, 0.25) is 0 Å². The minimum Gasteiger partial charge on any atom is -0.347 e. The third-order valence-corrected chi connectivity index (χ3v) is 5.72. The van der Waals surface area contributed by atoms with Crippen LogP contribution in [-0.2, 0) is 28.7 Å². The lowest BCUT2D eigenvalue weighted by Crippen LogP contribution is -2.34. The SMILES string of the molecule is CC1(C)O[C@@H]2[C@H](O1)[C@@H](COS(N)(=O)=O)O[C@H]2n1cnc2c(C#Cc3ccccc3)ncnc21. The lowest BCUT2D eigenvalue weighted by Gasteiger charge is -2.24. The summed E-state index contributed by atoms with van der Waals surface area (Å²) < 4.78 is 47.1. The molecule has 172 valence electrons. The number of nitrogens with two attached hydrogens (primary N) is 1. The summed E-state index contributed by atoms with van der Waals surface area (Å²) in [5.41, 5.74) is 2.31. The molecule has 2 aliphatic rings. The van der Waals surface area contributed by atoms with Gasteiger partial charge in [-0.15, -0.1) is 0 Å². The monoisotopic (exact) mass is 471 g/mol. The summed E-state index contributed by atoms with van der Waals surface area (Å²) in [6.07, 6.45) is 0.396. The van der Waals surface area contributed by atoms with Crippen molar-refractivity contribution >= 4 is 21.5 Å². The molecular weight excluding hydrogens is 450 g/mol. The van der Waals surface area contributed by atoms with E-state index in [1.807, 2.05) is 30.3 Å². The molecule has 33 heavy (non-hydrogen) atoms. The number of hydrogen-bond acceptors (Lipinski definition) is 9. The van der Waals surface area contributed by atoms with Crippen molar-refractivity contribution in [3.63, 3.8) is 0 Å². The Morgan fingerprint density at radius 3 is 2.64 bits per heavy atom. The molecule has 1 aromatic carbocycles. The van der Waals surface area contributed by atoms with Gasteiger partial charge in [0.05, 0.1) is 12.9 Å². The Hall–Kier alpha value is -2.92. The lowest BCUT2D eigenvalue weighted by atomic mass is 10.1. The first-order valence-electron chi connectivity index (χ1n) is 10.1. The molecule has 0 aliphatic carbocycles. The predicted molar refractivity (Wildman–Crippen MR) is 115 cm³/mol. The van der Waals surface area contributed by atoms with E-state index in [4.69, 9.17) is 23.5 Å². The molecule has 2 aliphatic heterocycles. The largest absolute Gasteiger partial charge is 0.347 e. The number of ether oxygens (including phenoxy) is 3. The molecule has 12 heteroatoms. The van der Waals surface area contributed by atoms with Crippen LogP contribution in [0.1, 0.15) is 31.3 Å². The molecule has 5 rings (SSSR count). The van der Waals surface area contributed by atoms with Gasteiger partial charge in [-0.3, -0.25) is 8.75 Å². The number of benzene rings is 1. The number of rotatable bonds is 4. The fourth-order valence-electron chi connectivity index (χ4n) is 3.96. The van der Waals surface area contributed by atoms with E-state index in [0.29, 0.717) is 16.9 Å². The maximum Gasteiger partial charge on any atom is 0.333 e. The Bertz CT molecular complexity index is 1350. The third kappa shape index (κ3) is 4.47. The zero-order valence-corrected chi connectivity index (χ0v) is 18.6. The molecular formula is C21H21N5O6S. The van der Waals surface area contributed by atoms with E-state index < -0.39 is 40.6 Å². The summed E-state index contributed by atoms with van der Waals surface area (Å²) in [5, 5.41) is 4.97. The highest BCUT2D eigenvalue weighted by molar-refractivity contribution is 7.84. The normalized spacial score (nSPS) is 26.2. The van der Waals surface area contributed by atoms with Crippen LogP contribution in [0, 0.1) is 11.8 Å². The van der Waals surface area contributed by atoms with Crippen molar-refractivity contribution in [1.29, 1.82) is 0 Å². The highest BCUT2D eigenvalue weighted by Crippen LogP contribution is 2.43. The molecule has 2 saturated heterocycles. The fraction of sp³-hybridized carbons (Fsp3) is 0.381. The average molecular weight is 471 g/mol. The highest BCUT2D eigenvalue weighted by atomic mass is 32.2. The Kier molecular flexibility index (Phi) is 5.40. The molecule has 0 radical (unpaired) electrons. The van der Waals surface area contributed by atoms with Gasteiger partial charge in [0.1, 0.15) is 35.8 Å². The highest BCUT2D eigenvalue weighted by Gasteiger charge is 2.56. The molecule has 0 unspecified atom stereocenters. The molecule has 2 fully saturated rings. The summed E-state index contributed by atoms with van der Waals surface area (Å²) >= 11 is 0. The number of aromatic nitrogens is 4. The second-order valence-corrected chi connectivity index (χ2v) is 9.29. The van der Waals surface area contributed by atoms with Crippen molar-refractivity contribution in [3.05, 3.63) is 54.2 Å². The standard InChI is InChI=1S/C21H21N5O6S/c1-21(2)31-17-15(10-29-33(22,27)28)30-20(18(17)32-21)26-12-25-16-14(23-11-24-19(16)26)9-8-13-6-4-3-5-7-13/h3-7,11-12,15,17-18,20H,10H2,1-2H3,(H2,22,27,28)/t15-,17-,18-,20-/m1/s1. The minimum atomic E-state index is -4.14. The van der Waals surface area contributed by atoms with Crippen molar-refractivity contribution < 1.29 is 26.8 Å². The first-order chi connectivity index (χ1) is 15.7. The number of imidazole rings is 1. The van der Waals surface area contributed by atoms with Crippen LogP contribution >= 0.6 is 0 Å². The van der Waals surface area contributed by atoms with Gasteiger partial charge in [-0.1, -0.05) is 24.1 Å². The quantitative estimate of drug-likeness (QED) is 0.549. The van der Waals surface area contributed by atoms with Crippen LogP contribution in [0.25, 0.3) is 11.2 Å². The molecule has 4 heterocycles. The fourth-order valence-corrected chi connectivity index (χ4v) is 4.29. The first-order valence-corrected chi connectivity index (χ1v) is 11.6. The Morgan fingerprint density at radius 2 is 1.88 bits per heavy atom. The third-order valence-electron chi connectivity index (χ3n) is 5.25. The van der Waals surface area contributed by atoms with Crippen LogP contribution in [0.15, 0.2) is 43.0 Å². The molecule has 2 aromatic heterocycles. The second kappa shape index (κ2) is 8.14. The zero-order chi connectivity index (χ0) is 23.2. The van der Waals surface area contributed by atoms with Gasteiger partial charge >= 0.3 is 10.3 Å². The predicted octanol–water partition coefficient (Wildman–Crippen LogP) is 0.864. The summed E-state index contributed by atoms with van der Waals surface area (Å²) in [4.78, 5) is 13.1. The summed E-state index contributed by atoms with van der Waals surface area (Å²) in [6, 6.07) is 9.54. The molecule has 0 amide bonds. The molecule has 0 spiro atoms. The van der Waals surface area contributed by atoms with Gasteiger partial charge in [-0.05, 0) is 31.9 Å². The van der Waals surface area contributed by atoms with E-state index in [2.05, 4.69) is 26.8 Å². The summed E-state index contributed by atoms with van der Waals surface area (Å²) in [5.74, 6) is 5.21. The smallest absolute Gasteiger partial charge is 0.333 e. The van der Waals surface area contributed by atoms with E-state index in [1.165, 1.54) is 6.33 Å². The van der Waals surface area contributed by atoms with Crippen LogP contribution in [-0.4, -0.2) is 58.6 Å². The van der Waals surface area contributed by atoms with Gasteiger partial charge < -0.3 is 14.2 Å². The Labute approximate surface area is 190 Å². The summed E-state index contributed by atoms with van der Waals surface area (Å²) in [6.45, 7) is 3.22. The maximum atomic E-state index is 11.3. The van der Waals surface area contributed by atoms with Crippen LogP contribution in [0.3, 0.4) is 0 Å². The Morgan fingerprint density at radius 1 is 1.12 bits per heavy atom. The minimum absolute atomic E-state index is 0.314. The lowest BCUT2D eigenvalue weighted by molar-refractivity contribution is -0.198. The van der Waals surface area contributed by atoms with Crippen molar-refractivity contribution in [1.82, 2.24) is 19.5 Å². The van der Waals surface area contributed by atoms with E-state index in [9.17, 15) is 8.42 Å². The number of nitrogens with zero attached hydrogens (tertiary/aromatic N) is 4. The van der Waals surface area contributed by atoms with Gasteiger partial charge in [0.2, 0.25) is 0 Å². The van der Waals surface area contributed by atoms with E-state index in [0.717, 1.165) is 5.56 Å². The molecule has 0 saturated carbocycles. The molecule has 11 nitrogen and oxygen atoms in total. The van der Waals surface area contributed by atoms with E-state index >= 15 is 0 Å². The van der Waals surface area contributed by atoms with Crippen molar-refractivity contribution in [2.45, 2.75) is 44.2 Å². The molecule has 0 bridgehead atoms. The van der Waals surface area contributed by atoms with Crippen LogP contribution < -0.4 is 5.14 Å². The van der Waals surface area contributed by atoms with Crippen molar-refractivity contribution in [2.75, 3.05) is 6.61 Å². The topological polar surface area (TPSA) is 141 Å². The second-order valence-electron chi connectivity index (χ2n) is 8.07. The van der Waals surface area contributed by atoms with Gasteiger partial charge in [0.25, 0.3) is 0 Å². The molecule has 4 atom stereocenters. The van der Waals surface area contributed by atoms with E-state index in [1.54, 1.807) is 24.7 Å². The first kappa shape index (κ1) is 21.9. The van der Waals surface area contributed by atoms with Crippen molar-refractivity contribution in [3.8, 4) is 11.8 Å². The van der Waals surface area contributed by atoms with Gasteiger partial charge in [-0.25, -0.2) is 20.1 Å². The Balaban J connectivity index is 1.48. The van der Waals surface area contributed by atoms with Crippen LogP contribution in [0.5, 0.6) is 0 Å². The zero-order valence-electron chi connectivity index (χ0n) is 17.8. The average Bonchev–Trinajstić information content (AvgIpc) is 3.42. The van der Waals surface area contributed by atoms with E-state index in [-0.39, 0.29) is 6.61 Å². The molecule has 2 N–H and O–H groups in total. The van der Waals surface area contributed by atoms with Gasteiger partial charge in [0.15, 0.2) is 17.7 Å². The maximum absolute atomic E-state index is 11.3. The van der Waals surface area contributed by atoms with Crippen molar-refractivity contribution in [2.24, 2.45) is 5.14 Å². The summed E-state index contributed by atoms with van der Waals surface area (Å²) in [7, 11) is -4.14. The number of hydrogen-bond donors (Lipinski definition) is 1. The van der Waals surface area contributed by atoms with Gasteiger partial charge in [0, 0.05) is 5.56 Å². The van der Waals surface area contributed by atoms with Gasteiger partial charge in [-0.2, -0.15) is 8.42 Å². The number of fused-ring (bicyclic) bond motifs is 2. The molecule has 3 aromatic rings. The van der Waals surface area contributed by atoms with Crippen LogP contribution in [0.4, 0.5) is 0 Å².